The normalized spacial score (nSPS) is 11.7. The quantitative estimate of drug-likeness (QED) is 0.339. The smallest absolute Gasteiger partial charge is 0.303 e. The number of rotatable bonds is 6. The summed E-state index contributed by atoms with van der Waals surface area (Å²) in [6, 6.07) is 17.3. The van der Waals surface area contributed by atoms with E-state index in [9.17, 15) is 22.8 Å². The molecule has 0 saturated carbocycles. The van der Waals surface area contributed by atoms with Crippen molar-refractivity contribution in [3.8, 4) is 5.69 Å². The highest BCUT2D eigenvalue weighted by Crippen LogP contribution is 2.19. The van der Waals surface area contributed by atoms with E-state index in [1.165, 1.54) is 22.9 Å². The number of fused-ring (bicyclic) bond motifs is 1. The lowest BCUT2D eigenvalue weighted by atomic mass is 10.1. The number of aromatic nitrogens is 5. The van der Waals surface area contributed by atoms with E-state index >= 15 is 0 Å². The zero-order valence-corrected chi connectivity index (χ0v) is 20.1. The fourth-order valence-electron chi connectivity index (χ4n) is 3.84. The van der Waals surface area contributed by atoms with Crippen LogP contribution in [-0.4, -0.2) is 36.6 Å². The van der Waals surface area contributed by atoms with Crippen LogP contribution >= 0.6 is 0 Å². The van der Waals surface area contributed by atoms with Crippen LogP contribution in [0.3, 0.4) is 0 Å². The molecular formula is C28H19F3N6O2. The maximum absolute atomic E-state index is 13.6. The van der Waals surface area contributed by atoms with E-state index in [0.29, 0.717) is 34.5 Å². The number of anilines is 1. The van der Waals surface area contributed by atoms with E-state index in [4.69, 9.17) is 0 Å². The minimum atomic E-state index is -5.00. The molecule has 194 valence electrons. The predicted octanol–water partition coefficient (Wildman–Crippen LogP) is 4.83. The first-order chi connectivity index (χ1) is 18.8. The molecule has 1 aromatic carbocycles. The van der Waals surface area contributed by atoms with Crippen LogP contribution in [-0.2, 0) is 11.2 Å². The van der Waals surface area contributed by atoms with Crippen LogP contribution in [0.5, 0.6) is 0 Å². The highest BCUT2D eigenvalue weighted by molar-refractivity contribution is 5.94. The van der Waals surface area contributed by atoms with Crippen molar-refractivity contribution in [1.29, 1.82) is 0 Å². The minimum Gasteiger partial charge on any atom is -0.303 e. The number of nitrogens with zero attached hydrogens (tertiary/aromatic N) is 5. The van der Waals surface area contributed by atoms with Gasteiger partial charge < -0.3 is 5.32 Å². The third-order valence-electron chi connectivity index (χ3n) is 5.66. The van der Waals surface area contributed by atoms with Gasteiger partial charge in [0.25, 0.3) is 5.56 Å². The van der Waals surface area contributed by atoms with Gasteiger partial charge in [-0.05, 0) is 59.2 Å². The van der Waals surface area contributed by atoms with Gasteiger partial charge in [0.1, 0.15) is 17.0 Å². The second-order valence-corrected chi connectivity index (χ2v) is 8.44. The van der Waals surface area contributed by atoms with Crippen LogP contribution in [0, 0.1) is 0 Å². The van der Waals surface area contributed by atoms with E-state index in [-0.39, 0.29) is 11.4 Å². The SMILES string of the molecule is O=C(Nc1ccc(C=Cc2cccc(-n3c(=O)c(Cc4cccnc4)nc4cccnc43)c2)cn1)C(F)(F)F. The first kappa shape index (κ1) is 25.5. The molecule has 11 heteroatoms. The zero-order valence-electron chi connectivity index (χ0n) is 20.1. The molecule has 4 heterocycles. The topological polar surface area (TPSA) is 103 Å². The van der Waals surface area contributed by atoms with Crippen molar-refractivity contribution < 1.29 is 18.0 Å². The molecule has 0 fully saturated rings. The van der Waals surface area contributed by atoms with Gasteiger partial charge in [-0.2, -0.15) is 13.2 Å². The summed E-state index contributed by atoms with van der Waals surface area (Å²) in [6.45, 7) is 0. The highest BCUT2D eigenvalue weighted by Gasteiger charge is 2.38. The molecule has 0 bridgehead atoms. The number of carbonyl (C=O) groups is 1. The van der Waals surface area contributed by atoms with Gasteiger partial charge in [-0.25, -0.2) is 15.0 Å². The Morgan fingerprint density at radius 2 is 1.74 bits per heavy atom. The minimum absolute atomic E-state index is 0.213. The molecule has 0 atom stereocenters. The summed E-state index contributed by atoms with van der Waals surface area (Å²) in [5, 5.41) is 1.70. The Labute approximate surface area is 219 Å². The van der Waals surface area contributed by atoms with Gasteiger partial charge in [0.05, 0.1) is 5.69 Å². The third kappa shape index (κ3) is 5.87. The van der Waals surface area contributed by atoms with Gasteiger partial charge in [-0.1, -0.05) is 30.4 Å². The van der Waals surface area contributed by atoms with Crippen molar-refractivity contribution in [2.45, 2.75) is 12.6 Å². The molecule has 0 spiro atoms. The average molecular weight is 528 g/mol. The van der Waals surface area contributed by atoms with Crippen molar-refractivity contribution in [1.82, 2.24) is 24.5 Å². The largest absolute Gasteiger partial charge is 0.471 e. The lowest BCUT2D eigenvalue weighted by molar-refractivity contribution is -0.167. The van der Waals surface area contributed by atoms with Crippen molar-refractivity contribution >= 4 is 35.0 Å². The molecule has 4 aromatic heterocycles. The summed E-state index contributed by atoms with van der Waals surface area (Å²) in [7, 11) is 0. The number of hydrogen-bond donors (Lipinski definition) is 1. The first-order valence-corrected chi connectivity index (χ1v) is 11.7. The molecule has 5 rings (SSSR count). The van der Waals surface area contributed by atoms with Crippen molar-refractivity contribution in [2.24, 2.45) is 0 Å². The second-order valence-electron chi connectivity index (χ2n) is 8.44. The van der Waals surface area contributed by atoms with Gasteiger partial charge in [-0.3, -0.25) is 19.1 Å². The summed E-state index contributed by atoms with van der Waals surface area (Å²) in [4.78, 5) is 41.6. The standard InChI is InChI=1S/C28H19F3N6O2/c29-28(30,31)27(39)36-24-11-10-19(17-34-24)9-8-18-4-1-6-21(14-18)37-25-22(7-3-13-33-25)35-23(26(37)38)15-20-5-2-12-32-16-20/h1-14,16-17H,15H2,(H,34,36,39). The molecule has 5 aromatic rings. The van der Waals surface area contributed by atoms with Crippen molar-refractivity contribution in [2.75, 3.05) is 5.32 Å². The Balaban J connectivity index is 1.45. The lowest BCUT2D eigenvalue weighted by Gasteiger charge is -2.12. The predicted molar refractivity (Wildman–Crippen MR) is 140 cm³/mol. The molecule has 0 aliphatic heterocycles. The number of hydrogen-bond acceptors (Lipinski definition) is 6. The Morgan fingerprint density at radius 3 is 2.49 bits per heavy atom. The van der Waals surface area contributed by atoms with Gasteiger partial charge >= 0.3 is 12.1 Å². The van der Waals surface area contributed by atoms with Crippen molar-refractivity contribution in [3.63, 3.8) is 0 Å². The van der Waals surface area contributed by atoms with E-state index in [1.807, 2.05) is 18.2 Å². The second kappa shape index (κ2) is 10.7. The maximum Gasteiger partial charge on any atom is 0.471 e. The summed E-state index contributed by atoms with van der Waals surface area (Å²) in [5.74, 6) is -2.30. The van der Waals surface area contributed by atoms with E-state index in [2.05, 4.69) is 19.9 Å². The van der Waals surface area contributed by atoms with Crippen LogP contribution in [0.4, 0.5) is 19.0 Å². The molecule has 0 aliphatic rings. The first-order valence-electron chi connectivity index (χ1n) is 11.7. The Kier molecular flexibility index (Phi) is 6.96. The van der Waals surface area contributed by atoms with E-state index in [0.717, 1.165) is 11.1 Å². The van der Waals surface area contributed by atoms with E-state index in [1.54, 1.807) is 66.4 Å². The molecule has 1 amide bonds. The Hall–Kier alpha value is -5.19. The van der Waals surface area contributed by atoms with Gasteiger partial charge in [-0.15, -0.1) is 0 Å². The van der Waals surface area contributed by atoms with Gasteiger partial charge in [0, 0.05) is 31.2 Å². The lowest BCUT2D eigenvalue weighted by Crippen LogP contribution is -2.30. The number of pyridine rings is 3. The van der Waals surface area contributed by atoms with Crippen LogP contribution in [0.25, 0.3) is 29.0 Å². The highest BCUT2D eigenvalue weighted by atomic mass is 19.4. The number of benzene rings is 1. The zero-order chi connectivity index (χ0) is 27.4. The average Bonchev–Trinajstić information content (AvgIpc) is 2.93. The number of carbonyl (C=O) groups excluding carboxylic acids is 1. The summed E-state index contributed by atoms with van der Waals surface area (Å²) in [6.07, 6.45) is 5.07. The molecule has 0 radical (unpaired) electrons. The summed E-state index contributed by atoms with van der Waals surface area (Å²) in [5.41, 5.74) is 3.83. The Bertz CT molecular complexity index is 1730. The Morgan fingerprint density at radius 1 is 0.923 bits per heavy atom. The van der Waals surface area contributed by atoms with Crippen molar-refractivity contribution in [3.05, 3.63) is 118 Å². The molecule has 0 aliphatic carbocycles. The molecule has 8 nitrogen and oxygen atoms in total. The fourth-order valence-corrected chi connectivity index (χ4v) is 3.84. The molecule has 0 unspecified atom stereocenters. The molecule has 39 heavy (non-hydrogen) atoms. The van der Waals surface area contributed by atoms with Crippen LogP contribution in [0.15, 0.2) is 90.2 Å². The van der Waals surface area contributed by atoms with Crippen LogP contribution in [0.2, 0.25) is 0 Å². The van der Waals surface area contributed by atoms with Crippen LogP contribution in [0.1, 0.15) is 22.4 Å². The monoisotopic (exact) mass is 528 g/mol. The van der Waals surface area contributed by atoms with E-state index < -0.39 is 12.1 Å². The number of halogens is 3. The maximum atomic E-state index is 13.6. The number of amides is 1. The summed E-state index contributed by atoms with van der Waals surface area (Å²) < 4.78 is 38.8. The fraction of sp³-hybridized carbons (Fsp3) is 0.0714. The number of nitrogens with one attached hydrogen (secondary N) is 1. The third-order valence-corrected chi connectivity index (χ3v) is 5.66. The van der Waals surface area contributed by atoms with Gasteiger partial charge in [0.2, 0.25) is 0 Å². The van der Waals surface area contributed by atoms with Gasteiger partial charge in [0.15, 0.2) is 5.65 Å². The molecule has 0 saturated heterocycles. The van der Waals surface area contributed by atoms with Crippen LogP contribution < -0.4 is 10.9 Å². The summed E-state index contributed by atoms with van der Waals surface area (Å²) >= 11 is 0. The number of alkyl halides is 3. The molecular weight excluding hydrogens is 509 g/mol. The molecule has 1 N–H and O–H groups in total.